The number of nitro groups is 1. The van der Waals surface area contributed by atoms with E-state index in [1.165, 1.54) is 18.2 Å². The zero-order chi connectivity index (χ0) is 21.8. The minimum Gasteiger partial charge on any atom is -0.492 e. The van der Waals surface area contributed by atoms with Crippen molar-refractivity contribution in [1.82, 2.24) is 10.6 Å². The molecule has 0 unspecified atom stereocenters. The van der Waals surface area contributed by atoms with Crippen LogP contribution in [0.4, 0.5) is 16.2 Å². The average molecular weight is 431 g/mol. The quantitative estimate of drug-likeness (QED) is 0.473. The molecule has 0 saturated carbocycles. The maximum absolute atomic E-state index is 13.1. The predicted octanol–water partition coefficient (Wildman–Crippen LogP) is 3.91. The molecule has 9 nitrogen and oxygen atoms in total. The maximum atomic E-state index is 13.1. The van der Waals surface area contributed by atoms with Gasteiger partial charge in [-0.3, -0.25) is 14.9 Å². The Balaban J connectivity index is 2.00. The van der Waals surface area contributed by atoms with Gasteiger partial charge in [-0.25, -0.2) is 4.79 Å². The fraction of sp³-hybridized carbons (Fsp3) is 0.200. The Labute approximate surface area is 177 Å². The second-order valence-corrected chi connectivity index (χ2v) is 6.83. The van der Waals surface area contributed by atoms with Crippen molar-refractivity contribution in [2.75, 3.05) is 11.9 Å². The molecule has 10 heteroatoms. The molecule has 0 fully saturated rings. The Bertz CT molecular complexity index is 1050. The van der Waals surface area contributed by atoms with Crippen LogP contribution in [0.2, 0.25) is 5.02 Å². The molecule has 156 valence electrons. The molecular formula is C20H19ClN4O5. The lowest BCUT2D eigenvalue weighted by molar-refractivity contribution is -0.384. The van der Waals surface area contributed by atoms with Gasteiger partial charge in [0.25, 0.3) is 11.6 Å². The first-order valence-electron chi connectivity index (χ1n) is 9.07. The van der Waals surface area contributed by atoms with Crippen LogP contribution in [0, 0.1) is 10.1 Å². The van der Waals surface area contributed by atoms with Gasteiger partial charge in [0.2, 0.25) is 0 Å². The summed E-state index contributed by atoms with van der Waals surface area (Å²) in [5, 5.41) is 19.2. The van der Waals surface area contributed by atoms with Crippen LogP contribution in [0.25, 0.3) is 0 Å². The highest BCUT2D eigenvalue weighted by molar-refractivity contribution is 6.32. The summed E-state index contributed by atoms with van der Waals surface area (Å²) in [4.78, 5) is 35.8. The summed E-state index contributed by atoms with van der Waals surface area (Å²) in [6.07, 6.45) is 0. The van der Waals surface area contributed by atoms with Crippen molar-refractivity contribution >= 4 is 34.9 Å². The van der Waals surface area contributed by atoms with Crippen molar-refractivity contribution in [1.29, 1.82) is 0 Å². The second kappa shape index (κ2) is 8.83. The Hall–Kier alpha value is -3.59. The molecule has 0 saturated heterocycles. The molecule has 0 spiro atoms. The molecule has 1 heterocycles. The monoisotopic (exact) mass is 430 g/mol. The molecule has 2 aromatic carbocycles. The van der Waals surface area contributed by atoms with Crippen molar-refractivity contribution in [3.8, 4) is 5.75 Å². The summed E-state index contributed by atoms with van der Waals surface area (Å²) >= 11 is 5.89. The highest BCUT2D eigenvalue weighted by Crippen LogP contribution is 2.33. The zero-order valence-electron chi connectivity index (χ0n) is 16.2. The number of hydrogen-bond acceptors (Lipinski definition) is 5. The number of ether oxygens (including phenoxy) is 1. The fourth-order valence-electron chi connectivity index (χ4n) is 3.13. The van der Waals surface area contributed by atoms with Gasteiger partial charge in [-0.1, -0.05) is 29.8 Å². The number of benzene rings is 2. The van der Waals surface area contributed by atoms with E-state index in [0.717, 1.165) is 0 Å². The second-order valence-electron chi connectivity index (χ2n) is 6.42. The van der Waals surface area contributed by atoms with Gasteiger partial charge in [0, 0.05) is 11.8 Å². The number of halogens is 1. The molecule has 0 aromatic heterocycles. The van der Waals surface area contributed by atoms with E-state index in [4.69, 9.17) is 16.3 Å². The van der Waals surface area contributed by atoms with Crippen LogP contribution in [-0.4, -0.2) is 23.5 Å². The Morgan fingerprint density at radius 3 is 2.73 bits per heavy atom. The van der Waals surface area contributed by atoms with Crippen molar-refractivity contribution in [2.24, 2.45) is 0 Å². The van der Waals surface area contributed by atoms with E-state index in [-0.39, 0.29) is 16.3 Å². The van der Waals surface area contributed by atoms with Gasteiger partial charge in [0.1, 0.15) is 10.8 Å². The van der Waals surface area contributed by atoms with Crippen molar-refractivity contribution in [2.45, 2.75) is 19.9 Å². The number of anilines is 1. The first-order chi connectivity index (χ1) is 14.3. The summed E-state index contributed by atoms with van der Waals surface area (Å²) in [5.74, 6) is 0.00726. The van der Waals surface area contributed by atoms with E-state index in [0.29, 0.717) is 29.3 Å². The lowest BCUT2D eigenvalue weighted by atomic mass is 9.94. The average Bonchev–Trinajstić information content (AvgIpc) is 2.69. The van der Waals surface area contributed by atoms with Gasteiger partial charge < -0.3 is 20.7 Å². The third kappa shape index (κ3) is 4.36. The molecule has 3 rings (SSSR count). The molecule has 3 N–H and O–H groups in total. The van der Waals surface area contributed by atoms with Gasteiger partial charge in [0.05, 0.1) is 28.8 Å². The van der Waals surface area contributed by atoms with Gasteiger partial charge in [0.15, 0.2) is 0 Å². The summed E-state index contributed by atoms with van der Waals surface area (Å²) in [5.41, 5.74) is 1.03. The molecule has 0 bridgehead atoms. The van der Waals surface area contributed by atoms with Crippen LogP contribution in [0.3, 0.4) is 0 Å². The van der Waals surface area contributed by atoms with Gasteiger partial charge >= 0.3 is 6.03 Å². The first kappa shape index (κ1) is 21.1. The highest BCUT2D eigenvalue weighted by Gasteiger charge is 2.32. The van der Waals surface area contributed by atoms with Crippen LogP contribution in [0.5, 0.6) is 5.75 Å². The number of carbonyl (C=O) groups excluding carboxylic acids is 2. The largest absolute Gasteiger partial charge is 0.492 e. The van der Waals surface area contributed by atoms with E-state index < -0.39 is 22.9 Å². The number of hydrogen-bond donors (Lipinski definition) is 3. The third-order valence-electron chi connectivity index (χ3n) is 4.45. The summed E-state index contributed by atoms with van der Waals surface area (Å²) in [6.45, 7) is 3.83. The zero-order valence-corrected chi connectivity index (χ0v) is 16.9. The highest BCUT2D eigenvalue weighted by atomic mass is 35.5. The topological polar surface area (TPSA) is 123 Å². The molecule has 3 amide bonds. The fourth-order valence-corrected chi connectivity index (χ4v) is 3.32. The van der Waals surface area contributed by atoms with Crippen molar-refractivity contribution in [3.05, 3.63) is 74.4 Å². The van der Waals surface area contributed by atoms with Crippen molar-refractivity contribution < 1.29 is 19.2 Å². The van der Waals surface area contributed by atoms with Gasteiger partial charge in [-0.15, -0.1) is 0 Å². The summed E-state index contributed by atoms with van der Waals surface area (Å²) in [7, 11) is 0. The van der Waals surface area contributed by atoms with Gasteiger partial charge in [-0.2, -0.15) is 0 Å². The van der Waals surface area contributed by atoms with E-state index in [2.05, 4.69) is 16.0 Å². The normalized spacial score (nSPS) is 15.8. The smallest absolute Gasteiger partial charge is 0.319 e. The SMILES string of the molecule is CCOc1ccccc1NC(=O)C1=C(C)NC(=O)N[C@@H]1c1ccc(Cl)c([N+](=O)[O-])c1. The third-order valence-corrected chi connectivity index (χ3v) is 4.77. The molecular weight excluding hydrogens is 412 g/mol. The van der Waals surface area contributed by atoms with Crippen LogP contribution >= 0.6 is 11.6 Å². The Morgan fingerprint density at radius 2 is 2.03 bits per heavy atom. The number of para-hydroxylation sites is 2. The van der Waals surface area contributed by atoms with Crippen LogP contribution < -0.4 is 20.7 Å². The van der Waals surface area contributed by atoms with Gasteiger partial charge in [-0.05, 0) is 37.6 Å². The Morgan fingerprint density at radius 1 is 1.30 bits per heavy atom. The number of rotatable bonds is 6. The molecule has 2 aromatic rings. The number of amides is 3. The molecule has 0 radical (unpaired) electrons. The predicted molar refractivity (Wildman–Crippen MR) is 111 cm³/mol. The molecule has 1 aliphatic rings. The minimum atomic E-state index is -0.908. The number of urea groups is 1. The lowest BCUT2D eigenvalue weighted by Gasteiger charge is -2.28. The standard InChI is InChI=1S/C20H19ClN4O5/c1-3-30-16-7-5-4-6-14(16)23-19(26)17-11(2)22-20(27)24-18(17)12-8-9-13(21)15(10-12)25(28)29/h4-10,18H,3H2,1-2H3,(H,23,26)(H2,22,24,27)/t18-/m1/s1. The van der Waals surface area contributed by atoms with E-state index in [9.17, 15) is 19.7 Å². The number of nitrogens with one attached hydrogen (secondary N) is 3. The van der Waals surface area contributed by atoms with E-state index >= 15 is 0 Å². The van der Waals surface area contributed by atoms with Crippen LogP contribution in [0.15, 0.2) is 53.7 Å². The molecule has 1 atom stereocenters. The molecule has 30 heavy (non-hydrogen) atoms. The number of nitrogens with zero attached hydrogens (tertiary/aromatic N) is 1. The first-order valence-corrected chi connectivity index (χ1v) is 9.45. The summed E-state index contributed by atoms with van der Waals surface area (Å²) in [6, 6.07) is 9.64. The number of nitro benzene ring substituents is 1. The number of carbonyl (C=O) groups is 2. The van der Waals surface area contributed by atoms with Crippen LogP contribution in [0.1, 0.15) is 25.5 Å². The Kier molecular flexibility index (Phi) is 6.22. The maximum Gasteiger partial charge on any atom is 0.319 e. The number of allylic oxidation sites excluding steroid dienone is 1. The van der Waals surface area contributed by atoms with E-state index in [1.54, 1.807) is 31.2 Å². The molecule has 1 aliphatic heterocycles. The van der Waals surface area contributed by atoms with Crippen LogP contribution in [-0.2, 0) is 4.79 Å². The molecule has 0 aliphatic carbocycles. The minimum absolute atomic E-state index is 0.0404. The van der Waals surface area contributed by atoms with E-state index in [1.807, 2.05) is 6.92 Å². The lowest BCUT2D eigenvalue weighted by Crippen LogP contribution is -2.46. The summed E-state index contributed by atoms with van der Waals surface area (Å²) < 4.78 is 5.53. The van der Waals surface area contributed by atoms with Crippen molar-refractivity contribution in [3.63, 3.8) is 0 Å².